The van der Waals surface area contributed by atoms with Gasteiger partial charge in [-0.1, -0.05) is 25.1 Å². The van der Waals surface area contributed by atoms with Crippen LogP contribution in [0.15, 0.2) is 36.4 Å². The zero-order valence-electron chi connectivity index (χ0n) is 13.5. The van der Waals surface area contributed by atoms with Gasteiger partial charge in [0.1, 0.15) is 18.2 Å². The molecule has 0 unspecified atom stereocenters. The van der Waals surface area contributed by atoms with Gasteiger partial charge in [0.05, 0.1) is 12.8 Å². The Bertz CT molecular complexity index is 703. The van der Waals surface area contributed by atoms with E-state index in [0.717, 1.165) is 17.7 Å². The fourth-order valence-electron chi connectivity index (χ4n) is 2.23. The summed E-state index contributed by atoms with van der Waals surface area (Å²) in [6, 6.07) is 10.8. The molecule has 2 rings (SSSR count). The van der Waals surface area contributed by atoms with Crippen LogP contribution in [-0.2, 0) is 17.8 Å². The largest absolute Gasteiger partial charge is 0.488 e. The molecule has 0 spiro atoms. The molecule has 1 N–H and O–H groups in total. The van der Waals surface area contributed by atoms with Crippen LogP contribution in [0, 0.1) is 12.7 Å². The van der Waals surface area contributed by atoms with Crippen LogP contribution >= 0.6 is 12.2 Å². The molecule has 122 valence electrons. The molecule has 2 aromatic carbocycles. The number of halogens is 1. The first-order valence-corrected chi connectivity index (χ1v) is 7.80. The summed E-state index contributed by atoms with van der Waals surface area (Å²) in [4.78, 5) is 0. The Morgan fingerprint density at radius 1 is 1.26 bits per heavy atom. The Morgan fingerprint density at radius 3 is 2.70 bits per heavy atom. The first-order chi connectivity index (χ1) is 11.0. The second-order valence-electron chi connectivity index (χ2n) is 5.12. The Hall–Kier alpha value is -2.14. The second kappa shape index (κ2) is 7.92. The van der Waals surface area contributed by atoms with Crippen LogP contribution in [0.1, 0.15) is 23.6 Å². The van der Waals surface area contributed by atoms with Crippen molar-refractivity contribution in [1.29, 1.82) is 0 Å². The van der Waals surface area contributed by atoms with Crippen LogP contribution in [-0.4, -0.2) is 12.3 Å². The topological polar surface area (TPSA) is 30.5 Å². The molecule has 0 bridgehead atoms. The van der Waals surface area contributed by atoms with Crippen molar-refractivity contribution in [2.45, 2.75) is 26.9 Å². The number of benzene rings is 2. The van der Waals surface area contributed by atoms with E-state index in [-0.39, 0.29) is 17.6 Å². The van der Waals surface area contributed by atoms with Crippen molar-refractivity contribution >= 4 is 23.1 Å². The van der Waals surface area contributed by atoms with Crippen LogP contribution < -0.4 is 10.1 Å². The fourth-order valence-corrected chi connectivity index (χ4v) is 2.34. The molecular formula is C18H20FNO2S. The maximum atomic E-state index is 14.1. The van der Waals surface area contributed by atoms with Gasteiger partial charge in [-0.3, -0.25) is 0 Å². The zero-order chi connectivity index (χ0) is 16.8. The number of hydrogen-bond acceptors (Lipinski definition) is 3. The number of aryl methyl sites for hydroxylation is 2. The highest BCUT2D eigenvalue weighted by atomic mass is 32.1. The van der Waals surface area contributed by atoms with E-state index in [4.69, 9.17) is 21.7 Å². The summed E-state index contributed by atoms with van der Waals surface area (Å²) in [5.74, 6) is 0.391. The van der Waals surface area contributed by atoms with Crippen LogP contribution in [0.5, 0.6) is 5.75 Å². The van der Waals surface area contributed by atoms with Crippen molar-refractivity contribution < 1.29 is 13.9 Å². The quantitative estimate of drug-likeness (QED) is 0.809. The fraction of sp³-hybridized carbons (Fsp3) is 0.278. The van der Waals surface area contributed by atoms with Gasteiger partial charge < -0.3 is 14.8 Å². The molecule has 3 nitrogen and oxygen atoms in total. The smallest absolute Gasteiger partial charge is 0.260 e. The average Bonchev–Trinajstić information content (AvgIpc) is 2.55. The molecule has 0 amide bonds. The SMILES string of the molecule is CCc1ccc(OCc2c(F)cccc2NC(=S)OC)c(C)c1. The first-order valence-electron chi connectivity index (χ1n) is 7.39. The van der Waals surface area contributed by atoms with E-state index < -0.39 is 0 Å². The predicted octanol–water partition coefficient (Wildman–Crippen LogP) is 4.62. The maximum absolute atomic E-state index is 14.1. The van der Waals surface area contributed by atoms with E-state index in [1.54, 1.807) is 12.1 Å². The van der Waals surface area contributed by atoms with E-state index >= 15 is 0 Å². The summed E-state index contributed by atoms with van der Waals surface area (Å²) in [5.41, 5.74) is 3.22. The first kappa shape index (κ1) is 17.2. The van der Waals surface area contributed by atoms with Gasteiger partial charge in [0, 0.05) is 5.56 Å². The van der Waals surface area contributed by atoms with E-state index in [1.165, 1.54) is 18.7 Å². The minimum absolute atomic E-state index is 0.105. The Labute approximate surface area is 141 Å². The van der Waals surface area contributed by atoms with Crippen molar-refractivity contribution in [2.75, 3.05) is 12.4 Å². The van der Waals surface area contributed by atoms with Crippen molar-refractivity contribution in [2.24, 2.45) is 0 Å². The molecule has 0 saturated carbocycles. The highest BCUT2D eigenvalue weighted by Crippen LogP contribution is 2.24. The molecule has 0 aliphatic carbocycles. The summed E-state index contributed by atoms with van der Waals surface area (Å²) in [7, 11) is 1.46. The van der Waals surface area contributed by atoms with Gasteiger partial charge in [-0.25, -0.2) is 4.39 Å². The molecule has 0 aromatic heterocycles. The minimum Gasteiger partial charge on any atom is -0.488 e. The summed E-state index contributed by atoms with van der Waals surface area (Å²) in [5, 5.41) is 3.04. The molecule has 0 heterocycles. The Balaban J connectivity index is 2.18. The lowest BCUT2D eigenvalue weighted by Crippen LogP contribution is -2.14. The summed E-state index contributed by atoms with van der Waals surface area (Å²) >= 11 is 4.97. The molecular weight excluding hydrogens is 313 g/mol. The van der Waals surface area contributed by atoms with Crippen molar-refractivity contribution in [1.82, 2.24) is 0 Å². The molecule has 23 heavy (non-hydrogen) atoms. The van der Waals surface area contributed by atoms with Crippen molar-refractivity contribution in [3.05, 3.63) is 58.9 Å². The minimum atomic E-state index is -0.350. The second-order valence-corrected chi connectivity index (χ2v) is 5.50. The van der Waals surface area contributed by atoms with Gasteiger partial charge >= 0.3 is 0 Å². The van der Waals surface area contributed by atoms with Crippen LogP contribution in [0.2, 0.25) is 0 Å². The van der Waals surface area contributed by atoms with Gasteiger partial charge in [0.15, 0.2) is 0 Å². The summed E-state index contributed by atoms with van der Waals surface area (Å²) in [6.07, 6.45) is 0.969. The third kappa shape index (κ3) is 4.42. The lowest BCUT2D eigenvalue weighted by atomic mass is 10.1. The third-order valence-electron chi connectivity index (χ3n) is 3.56. The maximum Gasteiger partial charge on any atom is 0.260 e. The Kier molecular flexibility index (Phi) is 5.93. The number of anilines is 1. The number of thiocarbonyl (C=S) groups is 1. The molecule has 0 fully saturated rings. The Morgan fingerprint density at radius 2 is 2.04 bits per heavy atom. The lowest BCUT2D eigenvalue weighted by molar-refractivity contribution is 0.298. The van der Waals surface area contributed by atoms with Gasteiger partial charge in [-0.15, -0.1) is 0 Å². The van der Waals surface area contributed by atoms with E-state index in [2.05, 4.69) is 18.3 Å². The van der Waals surface area contributed by atoms with E-state index in [1.807, 2.05) is 19.1 Å². The molecule has 0 aliphatic rings. The molecule has 0 aliphatic heterocycles. The molecule has 0 saturated heterocycles. The monoisotopic (exact) mass is 333 g/mol. The number of ether oxygens (including phenoxy) is 2. The van der Waals surface area contributed by atoms with Crippen molar-refractivity contribution in [3.63, 3.8) is 0 Å². The predicted molar refractivity (Wildman–Crippen MR) is 94.5 cm³/mol. The zero-order valence-corrected chi connectivity index (χ0v) is 14.3. The lowest BCUT2D eigenvalue weighted by Gasteiger charge is -2.15. The van der Waals surface area contributed by atoms with E-state index in [0.29, 0.717) is 11.3 Å². The summed E-state index contributed by atoms with van der Waals surface area (Å²) in [6.45, 7) is 4.19. The molecule has 0 atom stereocenters. The highest BCUT2D eigenvalue weighted by Gasteiger charge is 2.11. The number of rotatable bonds is 5. The number of methoxy groups -OCH3 is 1. The van der Waals surface area contributed by atoms with Crippen LogP contribution in [0.4, 0.5) is 10.1 Å². The van der Waals surface area contributed by atoms with Gasteiger partial charge in [-0.2, -0.15) is 0 Å². The van der Waals surface area contributed by atoms with Gasteiger partial charge in [0.2, 0.25) is 0 Å². The number of nitrogens with one attached hydrogen (secondary N) is 1. The highest BCUT2D eigenvalue weighted by molar-refractivity contribution is 7.80. The average molecular weight is 333 g/mol. The van der Waals surface area contributed by atoms with Crippen molar-refractivity contribution in [3.8, 4) is 5.75 Å². The third-order valence-corrected chi connectivity index (χ3v) is 3.83. The van der Waals surface area contributed by atoms with E-state index in [9.17, 15) is 4.39 Å². The normalized spacial score (nSPS) is 10.3. The molecule has 0 radical (unpaired) electrons. The summed E-state index contributed by atoms with van der Waals surface area (Å²) < 4.78 is 24.8. The van der Waals surface area contributed by atoms with Crippen LogP contribution in [0.3, 0.4) is 0 Å². The van der Waals surface area contributed by atoms with Crippen LogP contribution in [0.25, 0.3) is 0 Å². The van der Waals surface area contributed by atoms with Gasteiger partial charge in [-0.05, 0) is 54.9 Å². The molecule has 5 heteroatoms. The standard InChI is InChI=1S/C18H20FNO2S/c1-4-13-8-9-17(12(2)10-13)22-11-14-15(19)6-5-7-16(14)20-18(23)21-3/h5-10H,4,11H2,1-3H3,(H,20,23). The molecule has 2 aromatic rings. The number of hydrogen-bond donors (Lipinski definition) is 1. The van der Waals surface area contributed by atoms with Gasteiger partial charge in [0.25, 0.3) is 5.17 Å².